The highest BCUT2D eigenvalue weighted by Crippen LogP contribution is 2.46. The van der Waals surface area contributed by atoms with Gasteiger partial charge in [-0.3, -0.25) is 0 Å². The lowest BCUT2D eigenvalue weighted by atomic mass is 9.82. The maximum Gasteiger partial charge on any atom is 0.229 e. The number of fused-ring (bicyclic) bond motifs is 2. The maximum atomic E-state index is 9.91. The van der Waals surface area contributed by atoms with Crippen molar-refractivity contribution in [1.82, 2.24) is 9.78 Å². The van der Waals surface area contributed by atoms with E-state index in [0.29, 0.717) is 11.5 Å². The lowest BCUT2D eigenvalue weighted by Crippen LogP contribution is -2.22. The van der Waals surface area contributed by atoms with Crippen LogP contribution in [0.25, 0.3) is 16.5 Å². The number of aryl methyl sites for hydroxylation is 1. The fourth-order valence-electron chi connectivity index (χ4n) is 4.07. The van der Waals surface area contributed by atoms with Crippen LogP contribution in [0.1, 0.15) is 22.7 Å². The van der Waals surface area contributed by atoms with Crippen LogP contribution in [-0.2, 0) is 0 Å². The number of nitrogens with zero attached hydrogens (tertiary/aromatic N) is 3. The number of hydrogen-bond donors (Lipinski definition) is 1. The Kier molecular flexibility index (Phi) is 3.85. The summed E-state index contributed by atoms with van der Waals surface area (Å²) in [6.07, 6.45) is 0. The van der Waals surface area contributed by atoms with E-state index in [1.165, 1.54) is 0 Å². The van der Waals surface area contributed by atoms with E-state index in [1.54, 1.807) is 4.68 Å². The molecule has 0 bridgehead atoms. The minimum atomic E-state index is -0.340. The van der Waals surface area contributed by atoms with E-state index in [0.717, 1.165) is 33.3 Å². The van der Waals surface area contributed by atoms with Gasteiger partial charge in [-0.05, 0) is 35.4 Å². The van der Waals surface area contributed by atoms with Crippen molar-refractivity contribution in [2.45, 2.75) is 12.8 Å². The van der Waals surface area contributed by atoms with E-state index < -0.39 is 0 Å². The monoisotopic (exact) mass is 378 g/mol. The predicted octanol–water partition coefficient (Wildman–Crippen LogP) is 4.55. The van der Waals surface area contributed by atoms with Crippen LogP contribution >= 0.6 is 0 Å². The molecule has 1 aliphatic heterocycles. The van der Waals surface area contributed by atoms with Crippen LogP contribution < -0.4 is 10.5 Å². The van der Waals surface area contributed by atoms with Gasteiger partial charge in [-0.15, -0.1) is 0 Å². The Morgan fingerprint density at radius 2 is 1.72 bits per heavy atom. The van der Waals surface area contributed by atoms with E-state index in [4.69, 9.17) is 15.6 Å². The third kappa shape index (κ3) is 2.58. The van der Waals surface area contributed by atoms with E-state index in [2.05, 4.69) is 24.3 Å². The zero-order chi connectivity index (χ0) is 20.0. The van der Waals surface area contributed by atoms with Gasteiger partial charge >= 0.3 is 0 Å². The van der Waals surface area contributed by atoms with E-state index in [1.807, 2.05) is 61.5 Å². The number of nitrogens with two attached hydrogens (primary N) is 1. The van der Waals surface area contributed by atoms with Gasteiger partial charge in [-0.1, -0.05) is 60.7 Å². The summed E-state index contributed by atoms with van der Waals surface area (Å²) in [7, 11) is 0. The number of ether oxygens (including phenoxy) is 1. The first-order chi connectivity index (χ1) is 14.2. The quantitative estimate of drug-likeness (QED) is 0.555. The fourth-order valence-corrected chi connectivity index (χ4v) is 4.07. The van der Waals surface area contributed by atoms with Crippen molar-refractivity contribution in [1.29, 1.82) is 5.26 Å². The van der Waals surface area contributed by atoms with Crippen molar-refractivity contribution in [2.75, 3.05) is 0 Å². The van der Waals surface area contributed by atoms with Gasteiger partial charge in [0.25, 0.3) is 0 Å². The molecule has 0 aliphatic carbocycles. The van der Waals surface area contributed by atoms with E-state index in [9.17, 15) is 5.26 Å². The zero-order valence-electron chi connectivity index (χ0n) is 15.8. The van der Waals surface area contributed by atoms with Crippen LogP contribution in [-0.4, -0.2) is 9.78 Å². The molecule has 5 heteroatoms. The van der Waals surface area contributed by atoms with Crippen molar-refractivity contribution in [3.8, 4) is 17.6 Å². The first-order valence-electron chi connectivity index (χ1n) is 9.39. The smallest absolute Gasteiger partial charge is 0.229 e. The lowest BCUT2D eigenvalue weighted by molar-refractivity contribution is 0.367. The number of benzene rings is 3. The Bertz CT molecular complexity index is 1310. The van der Waals surface area contributed by atoms with Crippen LogP contribution in [0, 0.1) is 18.3 Å². The minimum absolute atomic E-state index is 0.120. The van der Waals surface area contributed by atoms with Gasteiger partial charge in [0.15, 0.2) is 0 Å². The molecule has 2 heterocycles. The number of hydrogen-bond acceptors (Lipinski definition) is 4. The highest BCUT2D eigenvalue weighted by atomic mass is 16.5. The molecule has 0 unspecified atom stereocenters. The van der Waals surface area contributed by atoms with E-state index in [-0.39, 0.29) is 11.8 Å². The normalized spacial score (nSPS) is 15.7. The molecule has 140 valence electrons. The Morgan fingerprint density at radius 1 is 1.00 bits per heavy atom. The molecule has 1 aliphatic rings. The standard InChI is InChI=1S/C24H18N4O/c1-15-21-22(19-13-7-9-16-8-5-6-12-18(16)19)20(14-25)23(26)29-24(21)28(27-15)17-10-3-2-4-11-17/h2-13,22H,26H2,1H3/t22-/m0/s1. The number of nitriles is 1. The first kappa shape index (κ1) is 17.1. The highest BCUT2D eigenvalue weighted by Gasteiger charge is 2.36. The van der Waals surface area contributed by atoms with Crippen molar-refractivity contribution >= 4 is 10.8 Å². The summed E-state index contributed by atoms with van der Waals surface area (Å²) in [6.45, 7) is 1.94. The summed E-state index contributed by atoms with van der Waals surface area (Å²) in [5.41, 5.74) is 10.2. The second kappa shape index (κ2) is 6.54. The van der Waals surface area contributed by atoms with E-state index >= 15 is 0 Å². The molecule has 0 radical (unpaired) electrons. The van der Waals surface area contributed by atoms with Crippen LogP contribution in [0.5, 0.6) is 5.88 Å². The number of aromatic nitrogens is 2. The summed E-state index contributed by atoms with van der Waals surface area (Å²) in [6, 6.07) is 26.3. The van der Waals surface area contributed by atoms with Crippen LogP contribution in [0.3, 0.4) is 0 Å². The highest BCUT2D eigenvalue weighted by molar-refractivity contribution is 5.87. The van der Waals surface area contributed by atoms with Crippen LogP contribution in [0.2, 0.25) is 0 Å². The molecule has 29 heavy (non-hydrogen) atoms. The molecule has 1 atom stereocenters. The molecule has 0 amide bonds. The molecule has 0 saturated carbocycles. The Hall–Kier alpha value is -4.04. The molecule has 3 aromatic carbocycles. The number of rotatable bonds is 2. The van der Waals surface area contributed by atoms with Gasteiger partial charge in [-0.25, -0.2) is 4.68 Å². The van der Waals surface area contributed by atoms with Gasteiger partial charge in [0.05, 0.1) is 22.9 Å². The second-order valence-corrected chi connectivity index (χ2v) is 7.04. The van der Waals surface area contributed by atoms with Crippen molar-refractivity contribution in [3.63, 3.8) is 0 Å². The first-order valence-corrected chi connectivity index (χ1v) is 9.39. The molecular weight excluding hydrogens is 360 g/mol. The molecule has 5 rings (SSSR count). The molecule has 0 fully saturated rings. The maximum absolute atomic E-state index is 9.91. The fraction of sp³-hybridized carbons (Fsp3) is 0.0833. The summed E-state index contributed by atoms with van der Waals surface area (Å²) >= 11 is 0. The summed E-state index contributed by atoms with van der Waals surface area (Å²) in [5, 5.41) is 16.8. The third-order valence-electron chi connectivity index (χ3n) is 5.37. The number of allylic oxidation sites excluding steroid dienone is 1. The molecule has 4 aromatic rings. The van der Waals surface area contributed by atoms with Crippen molar-refractivity contribution in [3.05, 3.63) is 101 Å². The zero-order valence-corrected chi connectivity index (χ0v) is 15.8. The van der Waals surface area contributed by atoms with Crippen LogP contribution in [0.15, 0.2) is 84.3 Å². The second-order valence-electron chi connectivity index (χ2n) is 7.04. The molecule has 0 saturated heterocycles. The largest absolute Gasteiger partial charge is 0.422 e. The Morgan fingerprint density at radius 3 is 2.52 bits per heavy atom. The Balaban J connectivity index is 1.81. The topological polar surface area (TPSA) is 76.9 Å². The van der Waals surface area contributed by atoms with Crippen molar-refractivity contribution in [2.24, 2.45) is 5.73 Å². The van der Waals surface area contributed by atoms with Gasteiger partial charge in [0.1, 0.15) is 11.6 Å². The molecule has 0 spiro atoms. The van der Waals surface area contributed by atoms with Gasteiger partial charge in [0.2, 0.25) is 11.8 Å². The molecule has 5 nitrogen and oxygen atoms in total. The average molecular weight is 378 g/mol. The predicted molar refractivity (Wildman–Crippen MR) is 112 cm³/mol. The summed E-state index contributed by atoms with van der Waals surface area (Å²) in [4.78, 5) is 0. The molecule has 1 aromatic heterocycles. The van der Waals surface area contributed by atoms with Crippen LogP contribution in [0.4, 0.5) is 0 Å². The average Bonchev–Trinajstić information content (AvgIpc) is 3.09. The van der Waals surface area contributed by atoms with Crippen molar-refractivity contribution < 1.29 is 4.74 Å². The molecule has 2 N–H and O–H groups in total. The lowest BCUT2D eigenvalue weighted by Gasteiger charge is -2.25. The SMILES string of the molecule is Cc1nn(-c2ccccc2)c2c1[C@@H](c1cccc3ccccc13)C(C#N)=C(N)O2. The molecular formula is C24H18N4O. The minimum Gasteiger partial charge on any atom is -0.422 e. The summed E-state index contributed by atoms with van der Waals surface area (Å²) < 4.78 is 7.69. The number of para-hydroxylation sites is 1. The van der Waals surface area contributed by atoms with Gasteiger partial charge in [-0.2, -0.15) is 10.4 Å². The summed E-state index contributed by atoms with van der Waals surface area (Å²) in [5.74, 6) is 0.338. The van der Waals surface area contributed by atoms with Gasteiger partial charge < -0.3 is 10.5 Å². The Labute approximate surface area is 168 Å². The van der Waals surface area contributed by atoms with Gasteiger partial charge in [0, 0.05) is 0 Å². The third-order valence-corrected chi connectivity index (χ3v) is 5.37.